The van der Waals surface area contributed by atoms with Gasteiger partial charge in [0, 0.05) is 28.2 Å². The fraction of sp³-hybridized carbons (Fsp3) is 0.188. The minimum Gasteiger partial charge on any atom is -0.454 e. The number of Topliss-reactive ketones (excluding diaryl/α,β-unsaturated/α-hetero) is 1. The molecule has 2 aliphatic heterocycles. The van der Waals surface area contributed by atoms with Crippen LogP contribution in [0.2, 0.25) is 0 Å². The van der Waals surface area contributed by atoms with E-state index in [1.807, 2.05) is 71.6 Å². The molecule has 0 saturated carbocycles. The predicted molar refractivity (Wildman–Crippen MR) is 148 cm³/mol. The number of anilines is 3. The number of rotatable bonds is 3. The van der Waals surface area contributed by atoms with E-state index in [4.69, 9.17) is 16.2 Å². The first kappa shape index (κ1) is 23.5. The van der Waals surface area contributed by atoms with Crippen molar-refractivity contribution in [1.82, 2.24) is 0 Å². The molecule has 7 rings (SSSR count). The van der Waals surface area contributed by atoms with Crippen molar-refractivity contribution in [3.8, 4) is 5.75 Å². The normalized spacial score (nSPS) is 22.6. The van der Waals surface area contributed by atoms with Crippen molar-refractivity contribution < 1.29 is 19.4 Å². The van der Waals surface area contributed by atoms with Gasteiger partial charge in [0.15, 0.2) is 0 Å². The zero-order valence-electron chi connectivity index (χ0n) is 21.5. The highest BCUT2D eigenvalue weighted by molar-refractivity contribution is 6.17. The summed E-state index contributed by atoms with van der Waals surface area (Å²) in [6, 6.07) is 25.5. The number of fused-ring (bicyclic) bond motifs is 7. The standard InChI is InChI=1S/C32H27N3O4/c1-17(2)18-14-15-21-26(16-18)39-32(38)22-10-7-11-23(33)28(22)29(36)31(21,32)35-24-12-5-3-8-19(24)27(30(34)37)20-9-4-6-13-25(20)35/h3-17,27,38H,33H2,1-2H3,(H2,34,37). The highest BCUT2D eigenvalue weighted by Gasteiger charge is 2.75. The molecule has 0 aromatic heterocycles. The summed E-state index contributed by atoms with van der Waals surface area (Å²) in [5, 5.41) is 12.7. The molecule has 2 atom stereocenters. The van der Waals surface area contributed by atoms with Crippen molar-refractivity contribution in [2.45, 2.75) is 37.0 Å². The van der Waals surface area contributed by atoms with Gasteiger partial charge >= 0.3 is 0 Å². The molecule has 0 saturated heterocycles. The Balaban J connectivity index is 1.63. The summed E-state index contributed by atoms with van der Waals surface area (Å²) < 4.78 is 6.47. The quantitative estimate of drug-likeness (QED) is 0.336. The number of ether oxygens (including phenoxy) is 1. The highest BCUT2D eigenvalue weighted by Crippen LogP contribution is 2.66. The van der Waals surface area contributed by atoms with E-state index in [-0.39, 0.29) is 23.0 Å². The van der Waals surface area contributed by atoms with Crippen LogP contribution in [0.3, 0.4) is 0 Å². The third-order valence-electron chi connectivity index (χ3n) is 8.42. The fourth-order valence-electron chi connectivity index (χ4n) is 6.72. The molecule has 1 aliphatic carbocycles. The molecule has 5 N–H and O–H groups in total. The summed E-state index contributed by atoms with van der Waals surface area (Å²) in [7, 11) is 0. The molecule has 4 aromatic rings. The lowest BCUT2D eigenvalue weighted by atomic mass is 9.75. The first-order chi connectivity index (χ1) is 18.7. The fourth-order valence-corrected chi connectivity index (χ4v) is 6.72. The van der Waals surface area contributed by atoms with Gasteiger partial charge in [-0.25, -0.2) is 0 Å². The lowest BCUT2D eigenvalue weighted by Gasteiger charge is -2.48. The van der Waals surface area contributed by atoms with E-state index < -0.39 is 23.2 Å². The highest BCUT2D eigenvalue weighted by atomic mass is 16.6. The number of benzene rings is 4. The molecule has 0 bridgehead atoms. The zero-order chi connectivity index (χ0) is 27.3. The number of ketones is 1. The van der Waals surface area contributed by atoms with E-state index in [0.29, 0.717) is 39.4 Å². The van der Waals surface area contributed by atoms with Crippen molar-refractivity contribution in [2.75, 3.05) is 10.6 Å². The van der Waals surface area contributed by atoms with E-state index >= 15 is 0 Å². The minimum absolute atomic E-state index is 0.205. The van der Waals surface area contributed by atoms with Crippen LogP contribution in [0.5, 0.6) is 5.75 Å². The third kappa shape index (κ3) is 2.70. The number of amides is 1. The molecule has 7 nitrogen and oxygen atoms in total. The van der Waals surface area contributed by atoms with Gasteiger partial charge in [0.1, 0.15) is 5.75 Å². The topological polar surface area (TPSA) is 119 Å². The third-order valence-corrected chi connectivity index (χ3v) is 8.42. The summed E-state index contributed by atoms with van der Waals surface area (Å²) in [4.78, 5) is 29.6. The van der Waals surface area contributed by atoms with Crippen LogP contribution < -0.4 is 21.1 Å². The number of primary amides is 1. The number of hydrogen-bond donors (Lipinski definition) is 3. The molecule has 7 heteroatoms. The molecule has 2 heterocycles. The van der Waals surface area contributed by atoms with Gasteiger partial charge in [-0.15, -0.1) is 0 Å². The molecule has 0 radical (unpaired) electrons. The average molecular weight is 518 g/mol. The van der Waals surface area contributed by atoms with Crippen LogP contribution in [-0.4, -0.2) is 16.8 Å². The van der Waals surface area contributed by atoms with E-state index in [9.17, 15) is 14.7 Å². The lowest BCUT2D eigenvalue weighted by molar-refractivity contribution is -0.162. The Bertz CT molecular complexity index is 1680. The number of hydrogen-bond acceptors (Lipinski definition) is 6. The van der Waals surface area contributed by atoms with E-state index in [2.05, 4.69) is 13.8 Å². The molecular weight excluding hydrogens is 490 g/mol. The van der Waals surface area contributed by atoms with Gasteiger partial charge < -0.3 is 26.2 Å². The number of carbonyl (C=O) groups excluding carboxylic acids is 2. The summed E-state index contributed by atoms with van der Waals surface area (Å²) in [6.07, 6.45) is 0. The van der Waals surface area contributed by atoms with Crippen LogP contribution >= 0.6 is 0 Å². The second-order valence-electron chi connectivity index (χ2n) is 10.8. The van der Waals surface area contributed by atoms with Crippen LogP contribution in [0.1, 0.15) is 63.9 Å². The van der Waals surface area contributed by atoms with E-state index in [0.717, 1.165) is 5.56 Å². The summed E-state index contributed by atoms with van der Waals surface area (Å²) in [6.45, 7) is 4.15. The molecule has 2 unspecified atom stereocenters. The van der Waals surface area contributed by atoms with Crippen molar-refractivity contribution >= 4 is 28.8 Å². The Hall–Kier alpha value is -4.62. The van der Waals surface area contributed by atoms with Crippen LogP contribution in [0.25, 0.3) is 0 Å². The first-order valence-electron chi connectivity index (χ1n) is 13.0. The zero-order valence-corrected chi connectivity index (χ0v) is 21.5. The summed E-state index contributed by atoms with van der Waals surface area (Å²) in [5.41, 5.74) is 15.4. The number of nitrogens with two attached hydrogens (primary N) is 2. The van der Waals surface area contributed by atoms with Gasteiger partial charge in [0.25, 0.3) is 5.79 Å². The van der Waals surface area contributed by atoms with E-state index in [1.54, 1.807) is 18.2 Å². The maximum atomic E-state index is 14.9. The van der Waals surface area contributed by atoms with Crippen LogP contribution in [0, 0.1) is 0 Å². The Morgan fingerprint density at radius 2 is 1.56 bits per heavy atom. The Morgan fingerprint density at radius 1 is 0.923 bits per heavy atom. The van der Waals surface area contributed by atoms with E-state index in [1.165, 1.54) is 0 Å². The smallest absolute Gasteiger partial charge is 0.271 e. The summed E-state index contributed by atoms with van der Waals surface area (Å²) >= 11 is 0. The monoisotopic (exact) mass is 517 g/mol. The number of nitrogens with zero attached hydrogens (tertiary/aromatic N) is 1. The van der Waals surface area contributed by atoms with Gasteiger partial charge in [-0.2, -0.15) is 0 Å². The van der Waals surface area contributed by atoms with Gasteiger partial charge in [-0.1, -0.05) is 74.5 Å². The molecule has 0 fully saturated rings. The summed E-state index contributed by atoms with van der Waals surface area (Å²) in [5.74, 6) is -3.08. The van der Waals surface area contributed by atoms with Crippen LogP contribution in [0.4, 0.5) is 17.1 Å². The Morgan fingerprint density at radius 3 is 2.18 bits per heavy atom. The number of aliphatic hydroxyl groups is 1. The molecule has 4 aromatic carbocycles. The molecule has 1 amide bonds. The Labute approximate surface area is 225 Å². The number of nitrogen functional groups attached to an aromatic ring is 1. The van der Waals surface area contributed by atoms with Gasteiger partial charge in [0.05, 0.1) is 11.5 Å². The van der Waals surface area contributed by atoms with Gasteiger partial charge in [0.2, 0.25) is 17.2 Å². The van der Waals surface area contributed by atoms with Gasteiger partial charge in [-0.3, -0.25) is 9.59 Å². The largest absolute Gasteiger partial charge is 0.454 e. The molecule has 3 aliphatic rings. The lowest BCUT2D eigenvalue weighted by Crippen LogP contribution is -2.60. The number of para-hydroxylation sites is 2. The van der Waals surface area contributed by atoms with Crippen molar-refractivity contribution in [3.63, 3.8) is 0 Å². The van der Waals surface area contributed by atoms with Crippen molar-refractivity contribution in [2.24, 2.45) is 5.73 Å². The SMILES string of the molecule is CC(C)c1ccc2c(c1)OC1(O)c3cccc(N)c3C(=O)C21N1c2ccccc2C(C(N)=O)c2ccccc21. The minimum atomic E-state index is -2.10. The molecule has 0 spiro atoms. The van der Waals surface area contributed by atoms with Crippen molar-refractivity contribution in [3.05, 3.63) is 118 Å². The first-order valence-corrected chi connectivity index (χ1v) is 13.0. The van der Waals surface area contributed by atoms with Gasteiger partial charge in [-0.05, 0) is 46.9 Å². The molecule has 194 valence electrons. The maximum Gasteiger partial charge on any atom is 0.271 e. The van der Waals surface area contributed by atoms with Crippen LogP contribution in [-0.2, 0) is 16.1 Å². The Kier molecular flexibility index (Phi) is 4.64. The molecular formula is C32H27N3O4. The maximum absolute atomic E-state index is 14.9. The second-order valence-corrected chi connectivity index (χ2v) is 10.8. The average Bonchev–Trinajstić information content (AvgIpc) is 3.29. The predicted octanol–water partition coefficient (Wildman–Crippen LogP) is 4.79. The van der Waals surface area contributed by atoms with Crippen molar-refractivity contribution in [1.29, 1.82) is 0 Å². The molecule has 39 heavy (non-hydrogen) atoms. The number of carbonyl (C=O) groups is 2. The second kappa shape index (κ2) is 7.71. The van der Waals surface area contributed by atoms with Crippen LogP contribution in [0.15, 0.2) is 84.9 Å².